The molecule has 2 aromatic rings. The zero-order valence-electron chi connectivity index (χ0n) is 9.99. The number of ether oxygens (including phenoxy) is 1. The smallest absolute Gasteiger partial charge is 0.178 e. The summed E-state index contributed by atoms with van der Waals surface area (Å²) in [5.41, 5.74) is 2.12. The first-order chi connectivity index (χ1) is 8.74. The van der Waals surface area contributed by atoms with Crippen molar-refractivity contribution in [2.45, 2.75) is 19.4 Å². The predicted molar refractivity (Wildman–Crippen MR) is 75.7 cm³/mol. The van der Waals surface area contributed by atoms with Gasteiger partial charge in [-0.25, -0.2) is 0 Å². The largest absolute Gasteiger partial charge is 0.381 e. The molecule has 1 aliphatic rings. The summed E-state index contributed by atoms with van der Waals surface area (Å²) < 4.78 is 8.42. The number of imidazole rings is 1. The van der Waals surface area contributed by atoms with E-state index in [9.17, 15) is 0 Å². The first-order valence-corrected chi connectivity index (χ1v) is 6.98. The molecule has 1 unspecified atom stereocenters. The van der Waals surface area contributed by atoms with Crippen LogP contribution < -0.4 is 0 Å². The number of nitrogens with one attached hydrogen (secondary N) is 1. The van der Waals surface area contributed by atoms with E-state index in [4.69, 9.17) is 28.6 Å². The monoisotopic (exact) mass is 282 g/mol. The Morgan fingerprint density at radius 3 is 3.17 bits per heavy atom. The lowest BCUT2D eigenvalue weighted by Gasteiger charge is -2.22. The Morgan fingerprint density at radius 2 is 2.39 bits per heavy atom. The van der Waals surface area contributed by atoms with E-state index in [1.807, 2.05) is 18.2 Å². The van der Waals surface area contributed by atoms with Crippen LogP contribution in [0.5, 0.6) is 0 Å². The van der Waals surface area contributed by atoms with Crippen LogP contribution in [0.1, 0.15) is 12.8 Å². The predicted octanol–water partition coefficient (Wildman–Crippen LogP) is 3.78. The number of halogens is 1. The average molecular weight is 283 g/mol. The normalized spacial score (nSPS) is 20.4. The number of fused-ring (bicyclic) bond motifs is 1. The molecule has 0 saturated carbocycles. The van der Waals surface area contributed by atoms with Gasteiger partial charge in [0.15, 0.2) is 4.77 Å². The van der Waals surface area contributed by atoms with Crippen molar-refractivity contribution in [3.8, 4) is 0 Å². The molecule has 5 heteroatoms. The minimum Gasteiger partial charge on any atom is -0.381 e. The topological polar surface area (TPSA) is 29.9 Å². The second-order valence-electron chi connectivity index (χ2n) is 4.79. The van der Waals surface area contributed by atoms with Crippen LogP contribution in [0.25, 0.3) is 11.0 Å². The van der Waals surface area contributed by atoms with Gasteiger partial charge in [-0.3, -0.25) is 0 Å². The van der Waals surface area contributed by atoms with E-state index in [2.05, 4.69) is 9.55 Å². The maximum absolute atomic E-state index is 6.06. The molecule has 96 valence electrons. The van der Waals surface area contributed by atoms with Gasteiger partial charge in [0.2, 0.25) is 0 Å². The van der Waals surface area contributed by atoms with E-state index in [0.29, 0.717) is 5.92 Å². The van der Waals surface area contributed by atoms with E-state index >= 15 is 0 Å². The van der Waals surface area contributed by atoms with Crippen molar-refractivity contribution in [2.75, 3.05) is 13.2 Å². The summed E-state index contributed by atoms with van der Waals surface area (Å²) in [6.07, 6.45) is 2.34. The number of hydrogen-bond donors (Lipinski definition) is 1. The Morgan fingerprint density at radius 1 is 1.50 bits per heavy atom. The Kier molecular flexibility index (Phi) is 3.41. The maximum Gasteiger partial charge on any atom is 0.178 e. The van der Waals surface area contributed by atoms with Crippen molar-refractivity contribution in [1.82, 2.24) is 9.55 Å². The van der Waals surface area contributed by atoms with Crippen LogP contribution in [0.3, 0.4) is 0 Å². The van der Waals surface area contributed by atoms with Crippen LogP contribution in [0, 0.1) is 10.7 Å². The van der Waals surface area contributed by atoms with E-state index in [-0.39, 0.29) is 0 Å². The summed E-state index contributed by atoms with van der Waals surface area (Å²) >= 11 is 11.4. The molecule has 1 fully saturated rings. The van der Waals surface area contributed by atoms with Gasteiger partial charge in [-0.2, -0.15) is 0 Å². The van der Waals surface area contributed by atoms with Crippen molar-refractivity contribution >= 4 is 34.9 Å². The molecule has 0 spiro atoms. The van der Waals surface area contributed by atoms with Gasteiger partial charge >= 0.3 is 0 Å². The van der Waals surface area contributed by atoms with Gasteiger partial charge in [0, 0.05) is 24.1 Å². The standard InChI is InChI=1S/C13H15ClN2OS/c14-10-3-4-11-12(6-10)16(13(18)15-11)7-9-2-1-5-17-8-9/h3-4,6,9H,1-2,5,7-8H2,(H,15,18). The molecule has 1 aliphatic heterocycles. The lowest BCUT2D eigenvalue weighted by Crippen LogP contribution is -2.22. The fourth-order valence-corrected chi connectivity index (χ4v) is 2.97. The van der Waals surface area contributed by atoms with E-state index in [1.54, 1.807) is 0 Å². The van der Waals surface area contributed by atoms with Gasteiger partial charge in [-0.15, -0.1) is 0 Å². The fourth-order valence-electron chi connectivity index (χ4n) is 2.52. The molecular formula is C13H15ClN2OS. The van der Waals surface area contributed by atoms with Crippen LogP contribution in [-0.4, -0.2) is 22.8 Å². The third-order valence-corrected chi connectivity index (χ3v) is 3.99. The van der Waals surface area contributed by atoms with E-state index in [1.165, 1.54) is 6.42 Å². The number of nitrogens with zero attached hydrogens (tertiary/aromatic N) is 1. The highest BCUT2D eigenvalue weighted by Crippen LogP contribution is 2.22. The van der Waals surface area contributed by atoms with Gasteiger partial charge in [0.1, 0.15) is 0 Å². The first-order valence-electron chi connectivity index (χ1n) is 6.20. The number of rotatable bonds is 2. The fraction of sp³-hybridized carbons (Fsp3) is 0.462. The van der Waals surface area contributed by atoms with Crippen LogP contribution in [0.15, 0.2) is 18.2 Å². The Labute approximate surface area is 116 Å². The molecule has 1 saturated heterocycles. The van der Waals surface area contributed by atoms with Gasteiger partial charge in [0.25, 0.3) is 0 Å². The van der Waals surface area contributed by atoms with Crippen molar-refractivity contribution in [3.05, 3.63) is 28.0 Å². The number of hydrogen-bond acceptors (Lipinski definition) is 2. The zero-order valence-corrected chi connectivity index (χ0v) is 11.6. The lowest BCUT2D eigenvalue weighted by atomic mass is 10.0. The van der Waals surface area contributed by atoms with E-state index in [0.717, 1.165) is 47.0 Å². The SMILES string of the molecule is S=c1[nH]c2ccc(Cl)cc2n1CC1CCCOC1. The molecule has 0 amide bonds. The zero-order chi connectivity index (χ0) is 12.5. The van der Waals surface area contributed by atoms with Crippen molar-refractivity contribution in [3.63, 3.8) is 0 Å². The van der Waals surface area contributed by atoms with Crippen LogP contribution in [0.2, 0.25) is 5.02 Å². The highest BCUT2D eigenvalue weighted by Gasteiger charge is 2.16. The summed E-state index contributed by atoms with van der Waals surface area (Å²) in [4.78, 5) is 3.22. The summed E-state index contributed by atoms with van der Waals surface area (Å²) in [5, 5.41) is 0.741. The van der Waals surface area contributed by atoms with Crippen molar-refractivity contribution in [1.29, 1.82) is 0 Å². The summed E-state index contributed by atoms with van der Waals surface area (Å²) in [6.45, 7) is 2.62. The third-order valence-electron chi connectivity index (χ3n) is 3.43. The highest BCUT2D eigenvalue weighted by atomic mass is 35.5. The molecule has 2 heterocycles. The average Bonchev–Trinajstić information content (AvgIpc) is 2.67. The first kappa shape index (κ1) is 12.2. The van der Waals surface area contributed by atoms with Gasteiger partial charge in [-0.05, 0) is 43.3 Å². The molecule has 0 bridgehead atoms. The van der Waals surface area contributed by atoms with Crippen LogP contribution >= 0.6 is 23.8 Å². The molecule has 18 heavy (non-hydrogen) atoms. The van der Waals surface area contributed by atoms with Crippen LogP contribution in [-0.2, 0) is 11.3 Å². The Bertz CT molecular complexity index is 613. The third kappa shape index (κ3) is 2.32. The number of aromatic nitrogens is 2. The summed E-state index contributed by atoms with van der Waals surface area (Å²) in [6, 6.07) is 5.82. The molecular weight excluding hydrogens is 268 g/mol. The minimum atomic E-state index is 0.545. The number of aromatic amines is 1. The summed E-state index contributed by atoms with van der Waals surface area (Å²) in [7, 11) is 0. The highest BCUT2D eigenvalue weighted by molar-refractivity contribution is 7.71. The van der Waals surface area contributed by atoms with Gasteiger partial charge in [-0.1, -0.05) is 11.6 Å². The molecule has 1 aromatic heterocycles. The minimum absolute atomic E-state index is 0.545. The molecule has 0 aliphatic carbocycles. The molecule has 3 nitrogen and oxygen atoms in total. The molecule has 1 atom stereocenters. The van der Waals surface area contributed by atoms with E-state index < -0.39 is 0 Å². The molecule has 3 rings (SSSR count). The molecule has 1 aromatic carbocycles. The number of benzene rings is 1. The van der Waals surface area contributed by atoms with Gasteiger partial charge in [0.05, 0.1) is 17.6 Å². The molecule has 1 N–H and O–H groups in total. The second-order valence-corrected chi connectivity index (χ2v) is 5.61. The second kappa shape index (κ2) is 5.03. The Hall–Kier alpha value is -0.840. The van der Waals surface area contributed by atoms with Crippen LogP contribution in [0.4, 0.5) is 0 Å². The van der Waals surface area contributed by atoms with Crippen molar-refractivity contribution in [2.24, 2.45) is 5.92 Å². The van der Waals surface area contributed by atoms with Gasteiger partial charge < -0.3 is 14.3 Å². The van der Waals surface area contributed by atoms with Crippen molar-refractivity contribution < 1.29 is 4.74 Å². The molecule has 0 radical (unpaired) electrons. The number of H-pyrrole nitrogens is 1. The Balaban J connectivity index is 1.97. The maximum atomic E-state index is 6.06. The lowest BCUT2D eigenvalue weighted by molar-refractivity contribution is 0.0486. The quantitative estimate of drug-likeness (QED) is 0.850. The summed E-state index contributed by atoms with van der Waals surface area (Å²) in [5.74, 6) is 0.545.